The van der Waals surface area contributed by atoms with Crippen LogP contribution in [0.2, 0.25) is 0 Å². The second kappa shape index (κ2) is 4.87. The second-order valence-electron chi connectivity index (χ2n) is 3.85. The van der Waals surface area contributed by atoms with E-state index in [0.717, 1.165) is 5.56 Å². The lowest BCUT2D eigenvalue weighted by molar-refractivity contribution is 0.0942. The molecule has 2 rings (SSSR count). The van der Waals surface area contributed by atoms with Crippen LogP contribution >= 0.6 is 0 Å². The Morgan fingerprint density at radius 1 is 1.50 bits per heavy atom. The normalized spacial score (nSPS) is 10.3. The maximum absolute atomic E-state index is 11.5. The van der Waals surface area contributed by atoms with Gasteiger partial charge in [-0.1, -0.05) is 11.2 Å². The molecule has 0 fully saturated rings. The number of carbonyl (C=O) groups excluding carboxylic acids is 1. The Bertz CT molecular complexity index is 577. The Morgan fingerprint density at radius 3 is 2.94 bits per heavy atom. The van der Waals surface area contributed by atoms with Crippen LogP contribution in [-0.4, -0.2) is 22.6 Å². The number of hydrogen-bond donors (Lipinski definition) is 2. The lowest BCUT2D eigenvalue weighted by atomic mass is 10.1. The number of anilines is 1. The number of aryl methyl sites for hydroxylation is 1. The predicted octanol–water partition coefficient (Wildman–Crippen LogP) is 1.38. The number of carbonyl (C=O) groups is 1. The summed E-state index contributed by atoms with van der Waals surface area (Å²) in [5.74, 6) is -0.0541. The van der Waals surface area contributed by atoms with Gasteiger partial charge in [-0.2, -0.15) is 4.98 Å². The Morgan fingerprint density at radius 2 is 2.28 bits per heavy atom. The van der Waals surface area contributed by atoms with Gasteiger partial charge in [-0.15, -0.1) is 0 Å². The minimum atomic E-state index is -0.354. The Kier molecular flexibility index (Phi) is 3.27. The van der Waals surface area contributed by atoms with Crippen LogP contribution in [0.3, 0.4) is 0 Å². The third-order valence-electron chi connectivity index (χ3n) is 2.49. The molecule has 0 aliphatic carbocycles. The Labute approximate surface area is 104 Å². The second-order valence-corrected chi connectivity index (χ2v) is 3.85. The van der Waals surface area contributed by atoms with Gasteiger partial charge in [-0.3, -0.25) is 4.79 Å². The van der Waals surface area contributed by atoms with Gasteiger partial charge in [0.1, 0.15) is 0 Å². The molecule has 1 aromatic heterocycles. The van der Waals surface area contributed by atoms with E-state index in [1.807, 2.05) is 26.0 Å². The lowest BCUT2D eigenvalue weighted by Crippen LogP contribution is -2.23. The van der Waals surface area contributed by atoms with E-state index < -0.39 is 0 Å². The third kappa shape index (κ3) is 2.32. The van der Waals surface area contributed by atoms with Crippen LogP contribution < -0.4 is 11.1 Å². The molecule has 94 valence electrons. The zero-order valence-corrected chi connectivity index (χ0v) is 10.2. The fourth-order valence-corrected chi connectivity index (χ4v) is 1.45. The van der Waals surface area contributed by atoms with Crippen LogP contribution in [-0.2, 0) is 0 Å². The summed E-state index contributed by atoms with van der Waals surface area (Å²) in [6.45, 7) is 4.24. The van der Waals surface area contributed by atoms with Crippen molar-refractivity contribution in [3.05, 3.63) is 29.6 Å². The van der Waals surface area contributed by atoms with Crippen LogP contribution in [0.4, 0.5) is 5.69 Å². The van der Waals surface area contributed by atoms with Crippen molar-refractivity contribution >= 4 is 11.6 Å². The van der Waals surface area contributed by atoms with E-state index in [1.165, 1.54) is 0 Å². The minimum Gasteiger partial charge on any atom is -0.398 e. The molecule has 0 saturated carbocycles. The summed E-state index contributed by atoms with van der Waals surface area (Å²) in [6.07, 6.45) is 0. The van der Waals surface area contributed by atoms with Crippen molar-refractivity contribution in [1.29, 1.82) is 0 Å². The summed E-state index contributed by atoms with van der Waals surface area (Å²) < 4.78 is 5.04. The van der Waals surface area contributed by atoms with Crippen molar-refractivity contribution in [2.45, 2.75) is 13.8 Å². The van der Waals surface area contributed by atoms with Crippen molar-refractivity contribution < 1.29 is 9.32 Å². The number of benzene rings is 1. The lowest BCUT2D eigenvalue weighted by Gasteiger charge is -2.00. The van der Waals surface area contributed by atoms with E-state index in [1.54, 1.807) is 6.07 Å². The van der Waals surface area contributed by atoms with Crippen molar-refractivity contribution in [2.24, 2.45) is 0 Å². The standard InChI is InChI=1S/C12H14N4O2/c1-3-14-11(17)10-15-12(18-16-10)8-5-4-7(2)9(13)6-8/h4-6H,3,13H2,1-2H3,(H,14,17). The highest BCUT2D eigenvalue weighted by molar-refractivity contribution is 5.90. The van der Waals surface area contributed by atoms with Crippen molar-refractivity contribution in [2.75, 3.05) is 12.3 Å². The summed E-state index contributed by atoms with van der Waals surface area (Å²) in [5, 5.41) is 6.22. The molecule has 2 aromatic rings. The van der Waals surface area contributed by atoms with Crippen molar-refractivity contribution in [3.63, 3.8) is 0 Å². The van der Waals surface area contributed by atoms with Gasteiger partial charge < -0.3 is 15.6 Å². The summed E-state index contributed by atoms with van der Waals surface area (Å²) in [6, 6.07) is 5.42. The Hall–Kier alpha value is -2.37. The van der Waals surface area contributed by atoms with Gasteiger partial charge in [0.25, 0.3) is 17.6 Å². The molecule has 0 bridgehead atoms. The minimum absolute atomic E-state index is 0.0194. The molecule has 0 aliphatic heterocycles. The van der Waals surface area contributed by atoms with Crippen LogP contribution in [0.15, 0.2) is 22.7 Å². The van der Waals surface area contributed by atoms with Crippen molar-refractivity contribution in [3.8, 4) is 11.5 Å². The molecule has 0 radical (unpaired) electrons. The average molecular weight is 246 g/mol. The smallest absolute Gasteiger partial charge is 0.292 e. The highest BCUT2D eigenvalue weighted by Crippen LogP contribution is 2.22. The number of nitrogen functional groups attached to an aromatic ring is 1. The van der Waals surface area contributed by atoms with E-state index in [2.05, 4.69) is 15.5 Å². The molecule has 0 spiro atoms. The molecule has 1 aromatic carbocycles. The zero-order valence-electron chi connectivity index (χ0n) is 10.2. The monoisotopic (exact) mass is 246 g/mol. The molecule has 0 saturated heterocycles. The topological polar surface area (TPSA) is 94.0 Å². The molecular weight excluding hydrogens is 232 g/mol. The Balaban J connectivity index is 2.29. The number of hydrogen-bond acceptors (Lipinski definition) is 5. The largest absolute Gasteiger partial charge is 0.398 e. The molecular formula is C12H14N4O2. The van der Waals surface area contributed by atoms with Crippen LogP contribution in [0, 0.1) is 6.92 Å². The number of aromatic nitrogens is 2. The summed E-state index contributed by atoms with van der Waals surface area (Å²) >= 11 is 0. The first-order valence-electron chi connectivity index (χ1n) is 5.60. The molecule has 3 N–H and O–H groups in total. The highest BCUT2D eigenvalue weighted by Gasteiger charge is 2.15. The summed E-state index contributed by atoms with van der Waals surface area (Å²) in [7, 11) is 0. The predicted molar refractivity (Wildman–Crippen MR) is 66.9 cm³/mol. The molecule has 0 atom stereocenters. The molecule has 0 unspecified atom stereocenters. The highest BCUT2D eigenvalue weighted by atomic mass is 16.5. The van der Waals surface area contributed by atoms with Crippen LogP contribution in [0.1, 0.15) is 23.1 Å². The molecule has 6 nitrogen and oxygen atoms in total. The van der Waals surface area contributed by atoms with E-state index in [0.29, 0.717) is 17.8 Å². The summed E-state index contributed by atoms with van der Waals surface area (Å²) in [5.41, 5.74) is 8.12. The van der Waals surface area contributed by atoms with Crippen LogP contribution in [0.5, 0.6) is 0 Å². The van der Waals surface area contributed by atoms with Gasteiger partial charge in [0.05, 0.1) is 0 Å². The van der Waals surface area contributed by atoms with Gasteiger partial charge in [0.15, 0.2) is 0 Å². The fraction of sp³-hybridized carbons (Fsp3) is 0.250. The number of rotatable bonds is 3. The number of nitrogens with one attached hydrogen (secondary N) is 1. The maximum Gasteiger partial charge on any atom is 0.292 e. The quantitative estimate of drug-likeness (QED) is 0.798. The van der Waals surface area contributed by atoms with E-state index in [4.69, 9.17) is 10.3 Å². The van der Waals surface area contributed by atoms with E-state index >= 15 is 0 Å². The van der Waals surface area contributed by atoms with Gasteiger partial charge in [-0.05, 0) is 31.5 Å². The van der Waals surface area contributed by atoms with E-state index in [-0.39, 0.29) is 17.6 Å². The molecule has 0 aliphatic rings. The van der Waals surface area contributed by atoms with Gasteiger partial charge in [0, 0.05) is 17.8 Å². The van der Waals surface area contributed by atoms with E-state index in [9.17, 15) is 4.79 Å². The molecule has 1 amide bonds. The fourth-order valence-electron chi connectivity index (χ4n) is 1.45. The van der Waals surface area contributed by atoms with Gasteiger partial charge in [-0.25, -0.2) is 0 Å². The van der Waals surface area contributed by atoms with Gasteiger partial charge in [0.2, 0.25) is 0 Å². The average Bonchev–Trinajstić information content (AvgIpc) is 2.82. The molecule has 1 heterocycles. The maximum atomic E-state index is 11.5. The third-order valence-corrected chi connectivity index (χ3v) is 2.49. The van der Waals surface area contributed by atoms with Gasteiger partial charge >= 0.3 is 0 Å². The first kappa shape index (κ1) is 12.1. The molecule has 6 heteroatoms. The first-order valence-corrected chi connectivity index (χ1v) is 5.60. The number of amides is 1. The number of nitrogens with two attached hydrogens (primary N) is 1. The zero-order chi connectivity index (χ0) is 13.1. The number of nitrogens with zero attached hydrogens (tertiary/aromatic N) is 2. The van der Waals surface area contributed by atoms with Crippen molar-refractivity contribution in [1.82, 2.24) is 15.5 Å². The first-order chi connectivity index (χ1) is 8.61. The molecule has 18 heavy (non-hydrogen) atoms. The van der Waals surface area contributed by atoms with Crippen LogP contribution in [0.25, 0.3) is 11.5 Å². The summed E-state index contributed by atoms with van der Waals surface area (Å²) in [4.78, 5) is 15.5. The SMILES string of the molecule is CCNC(=O)c1noc(-c2ccc(C)c(N)c2)n1.